The van der Waals surface area contributed by atoms with Crippen molar-refractivity contribution >= 4 is 11.4 Å². The van der Waals surface area contributed by atoms with Crippen LogP contribution in [0.5, 0.6) is 0 Å². The number of nitro groups is 2. The van der Waals surface area contributed by atoms with E-state index in [1.165, 1.54) is 6.07 Å². The molecule has 1 N–H and O–H groups in total. The molecule has 7 heteroatoms. The minimum Gasteiger partial charge on any atom is -0.387 e. The van der Waals surface area contributed by atoms with Crippen molar-refractivity contribution < 1.29 is 15.0 Å². The van der Waals surface area contributed by atoms with Crippen molar-refractivity contribution in [1.29, 1.82) is 0 Å². The van der Waals surface area contributed by atoms with E-state index in [1.54, 1.807) is 20.8 Å². The van der Waals surface area contributed by atoms with Crippen LogP contribution in [0.1, 0.15) is 32.4 Å². The Balaban J connectivity index is 3.55. The molecule has 1 unspecified atom stereocenters. The maximum Gasteiger partial charge on any atom is 0.282 e. The molecule has 0 aliphatic rings. The van der Waals surface area contributed by atoms with Gasteiger partial charge in [0.1, 0.15) is 5.56 Å². The van der Waals surface area contributed by atoms with Crippen LogP contribution in [-0.2, 0) is 0 Å². The van der Waals surface area contributed by atoms with Gasteiger partial charge in [-0.1, -0.05) is 20.8 Å². The quantitative estimate of drug-likeness (QED) is 0.658. The first-order chi connectivity index (χ1) is 8.16. The Labute approximate surface area is 103 Å². The number of hydrogen-bond donors (Lipinski definition) is 1. The van der Waals surface area contributed by atoms with Gasteiger partial charge in [0, 0.05) is 12.1 Å². The Morgan fingerprint density at radius 2 is 1.50 bits per heavy atom. The summed E-state index contributed by atoms with van der Waals surface area (Å²) in [7, 11) is 0. The van der Waals surface area contributed by atoms with E-state index in [-0.39, 0.29) is 5.56 Å². The third kappa shape index (κ3) is 2.62. The topological polar surface area (TPSA) is 107 Å². The zero-order chi connectivity index (χ0) is 14.1. The monoisotopic (exact) mass is 254 g/mol. The van der Waals surface area contributed by atoms with E-state index in [0.717, 1.165) is 12.1 Å². The maximum atomic E-state index is 10.9. The lowest BCUT2D eigenvalue weighted by Crippen LogP contribution is -2.20. The van der Waals surface area contributed by atoms with Gasteiger partial charge in [0.2, 0.25) is 0 Å². The van der Waals surface area contributed by atoms with E-state index in [2.05, 4.69) is 0 Å². The second-order valence-electron chi connectivity index (χ2n) is 4.99. The number of aliphatic hydroxyl groups excluding tert-OH is 1. The number of aliphatic hydroxyl groups is 1. The van der Waals surface area contributed by atoms with Gasteiger partial charge in [0.15, 0.2) is 0 Å². The van der Waals surface area contributed by atoms with Gasteiger partial charge in [-0.15, -0.1) is 0 Å². The molecule has 1 aromatic rings. The van der Waals surface area contributed by atoms with Crippen LogP contribution in [0.4, 0.5) is 11.4 Å². The van der Waals surface area contributed by atoms with Gasteiger partial charge in [-0.2, -0.15) is 0 Å². The van der Waals surface area contributed by atoms with Gasteiger partial charge in [-0.05, 0) is 11.5 Å². The fraction of sp³-hybridized carbons (Fsp3) is 0.455. The van der Waals surface area contributed by atoms with Gasteiger partial charge in [0.25, 0.3) is 11.4 Å². The molecular weight excluding hydrogens is 240 g/mol. The highest BCUT2D eigenvalue weighted by Gasteiger charge is 2.36. The first kappa shape index (κ1) is 14.0. The van der Waals surface area contributed by atoms with Crippen LogP contribution in [0.3, 0.4) is 0 Å². The van der Waals surface area contributed by atoms with Crippen LogP contribution in [0.2, 0.25) is 0 Å². The molecule has 0 bridgehead atoms. The molecule has 0 amide bonds. The van der Waals surface area contributed by atoms with Crippen molar-refractivity contribution in [1.82, 2.24) is 0 Å². The van der Waals surface area contributed by atoms with Crippen molar-refractivity contribution in [3.8, 4) is 0 Å². The lowest BCUT2D eigenvalue weighted by molar-refractivity contribution is -0.397. The second-order valence-corrected chi connectivity index (χ2v) is 4.99. The number of nitro benzene ring substituents is 2. The molecule has 1 rings (SSSR count). The minimum absolute atomic E-state index is 0.250. The molecule has 0 saturated carbocycles. The average molecular weight is 254 g/mol. The Kier molecular flexibility index (Phi) is 3.66. The molecule has 0 heterocycles. The molecule has 0 aliphatic carbocycles. The molecule has 0 saturated heterocycles. The molecule has 0 spiro atoms. The minimum atomic E-state index is -1.29. The van der Waals surface area contributed by atoms with Crippen molar-refractivity contribution in [2.45, 2.75) is 26.9 Å². The lowest BCUT2D eigenvalue weighted by Gasteiger charge is -2.25. The molecule has 1 aromatic carbocycles. The van der Waals surface area contributed by atoms with Gasteiger partial charge < -0.3 is 5.11 Å². The van der Waals surface area contributed by atoms with E-state index in [4.69, 9.17) is 0 Å². The molecule has 7 nitrogen and oxygen atoms in total. The van der Waals surface area contributed by atoms with E-state index in [9.17, 15) is 25.3 Å². The van der Waals surface area contributed by atoms with E-state index in [1.807, 2.05) is 0 Å². The molecular formula is C11H14N2O5. The highest BCUT2D eigenvalue weighted by atomic mass is 16.6. The predicted octanol–water partition coefficient (Wildman–Crippen LogP) is 2.58. The van der Waals surface area contributed by atoms with E-state index < -0.39 is 32.7 Å². The van der Waals surface area contributed by atoms with Crippen LogP contribution >= 0.6 is 0 Å². The van der Waals surface area contributed by atoms with Gasteiger partial charge in [0.05, 0.1) is 16.0 Å². The lowest BCUT2D eigenvalue weighted by atomic mass is 9.83. The fourth-order valence-corrected chi connectivity index (χ4v) is 1.57. The van der Waals surface area contributed by atoms with Gasteiger partial charge in [-0.25, -0.2) is 0 Å². The van der Waals surface area contributed by atoms with Crippen molar-refractivity contribution in [2.24, 2.45) is 5.41 Å². The van der Waals surface area contributed by atoms with Crippen LogP contribution in [0.25, 0.3) is 0 Å². The summed E-state index contributed by atoms with van der Waals surface area (Å²) in [5.74, 6) is 0. The SMILES string of the molecule is CC(C)(C)C(O)c1c([N+](=O)[O-])cccc1[N+](=O)[O-]. The van der Waals surface area contributed by atoms with Crippen molar-refractivity contribution in [3.05, 3.63) is 44.0 Å². The molecule has 0 aromatic heterocycles. The summed E-state index contributed by atoms with van der Waals surface area (Å²) < 4.78 is 0. The van der Waals surface area contributed by atoms with Crippen LogP contribution in [0, 0.1) is 25.6 Å². The largest absolute Gasteiger partial charge is 0.387 e. The predicted molar refractivity (Wildman–Crippen MR) is 64.2 cm³/mol. The molecule has 0 aliphatic heterocycles. The first-order valence-electron chi connectivity index (χ1n) is 5.26. The maximum absolute atomic E-state index is 10.9. The summed E-state index contributed by atoms with van der Waals surface area (Å²) in [6.07, 6.45) is -1.29. The number of benzene rings is 1. The van der Waals surface area contributed by atoms with E-state index in [0.29, 0.717) is 0 Å². The van der Waals surface area contributed by atoms with Gasteiger partial charge in [-0.3, -0.25) is 20.2 Å². The second kappa shape index (κ2) is 4.69. The summed E-state index contributed by atoms with van der Waals surface area (Å²) in [5.41, 5.74) is -1.87. The zero-order valence-corrected chi connectivity index (χ0v) is 10.3. The van der Waals surface area contributed by atoms with Crippen LogP contribution in [0.15, 0.2) is 18.2 Å². The van der Waals surface area contributed by atoms with Crippen molar-refractivity contribution in [2.75, 3.05) is 0 Å². The Morgan fingerprint density at radius 3 is 1.78 bits per heavy atom. The standard InChI is InChI=1S/C11H14N2O5/c1-11(2,3)10(14)9-7(12(15)16)5-4-6-8(9)13(17)18/h4-6,10,14H,1-3H3. The molecule has 18 heavy (non-hydrogen) atoms. The summed E-state index contributed by atoms with van der Waals surface area (Å²) in [4.78, 5) is 20.3. The zero-order valence-electron chi connectivity index (χ0n) is 10.3. The highest BCUT2D eigenvalue weighted by molar-refractivity contribution is 5.55. The van der Waals surface area contributed by atoms with Crippen LogP contribution in [-0.4, -0.2) is 15.0 Å². The fourth-order valence-electron chi connectivity index (χ4n) is 1.57. The Hall–Kier alpha value is -2.02. The normalized spacial score (nSPS) is 13.1. The molecule has 0 fully saturated rings. The van der Waals surface area contributed by atoms with Gasteiger partial charge >= 0.3 is 0 Å². The molecule has 0 radical (unpaired) electrons. The molecule has 98 valence electrons. The smallest absolute Gasteiger partial charge is 0.282 e. The third-order valence-corrected chi connectivity index (χ3v) is 2.55. The third-order valence-electron chi connectivity index (χ3n) is 2.55. The number of nitrogens with zero attached hydrogens (tertiary/aromatic N) is 2. The first-order valence-corrected chi connectivity index (χ1v) is 5.26. The summed E-state index contributed by atoms with van der Waals surface area (Å²) in [6.45, 7) is 4.95. The van der Waals surface area contributed by atoms with E-state index >= 15 is 0 Å². The average Bonchev–Trinajstić information content (AvgIpc) is 2.25. The number of hydrogen-bond acceptors (Lipinski definition) is 5. The summed E-state index contributed by atoms with van der Waals surface area (Å²) in [6, 6.07) is 3.53. The van der Waals surface area contributed by atoms with Crippen LogP contribution < -0.4 is 0 Å². The molecule has 1 atom stereocenters. The highest BCUT2D eigenvalue weighted by Crippen LogP contribution is 2.41. The Bertz CT molecular complexity index is 460. The number of rotatable bonds is 3. The summed E-state index contributed by atoms with van der Waals surface area (Å²) >= 11 is 0. The Morgan fingerprint density at radius 1 is 1.11 bits per heavy atom. The summed E-state index contributed by atoms with van der Waals surface area (Å²) in [5, 5.41) is 31.9. The van der Waals surface area contributed by atoms with Crippen molar-refractivity contribution in [3.63, 3.8) is 0 Å².